The molecule has 0 bridgehead atoms. The van der Waals surface area contributed by atoms with Gasteiger partial charge in [-0.05, 0) is 51.7 Å². The molecule has 0 saturated heterocycles. The average molecular weight is 352 g/mol. The molecule has 0 aromatic heterocycles. The smallest absolute Gasteiger partial charge is 0.0593 e. The molecule has 0 unspecified atom stereocenters. The highest BCUT2D eigenvalue weighted by atomic mass is 79.9. The minimum Gasteiger partial charge on any atom is -0.380 e. The Morgan fingerprint density at radius 2 is 2.15 bits per heavy atom. The molecule has 0 aliphatic carbocycles. The van der Waals surface area contributed by atoms with E-state index in [1.54, 1.807) is 0 Å². The van der Waals surface area contributed by atoms with Gasteiger partial charge in [-0.3, -0.25) is 0 Å². The van der Waals surface area contributed by atoms with E-state index in [0.29, 0.717) is 0 Å². The fourth-order valence-corrected chi connectivity index (χ4v) is 3.15. The van der Waals surface area contributed by atoms with Gasteiger partial charge in [-0.1, -0.05) is 29.8 Å². The molecular formula is C16H16BrClN2. The highest BCUT2D eigenvalue weighted by Gasteiger charge is 2.15. The van der Waals surface area contributed by atoms with E-state index in [4.69, 9.17) is 11.6 Å². The zero-order valence-electron chi connectivity index (χ0n) is 11.3. The minimum atomic E-state index is 0.727. The highest BCUT2D eigenvalue weighted by Crippen LogP contribution is 2.31. The van der Waals surface area contributed by atoms with E-state index in [-0.39, 0.29) is 0 Å². The maximum Gasteiger partial charge on any atom is 0.0593 e. The number of hydrogen-bond acceptors (Lipinski definition) is 2. The van der Waals surface area contributed by atoms with Gasteiger partial charge in [0.15, 0.2) is 0 Å². The molecule has 0 fully saturated rings. The molecule has 0 saturated carbocycles. The summed E-state index contributed by atoms with van der Waals surface area (Å²) >= 11 is 9.61. The molecule has 2 aromatic rings. The lowest BCUT2D eigenvalue weighted by molar-refractivity contribution is 0.955. The number of nitrogens with one attached hydrogen (secondary N) is 1. The Morgan fingerprint density at radius 3 is 3.00 bits per heavy atom. The van der Waals surface area contributed by atoms with Crippen LogP contribution >= 0.6 is 27.5 Å². The molecule has 1 aliphatic rings. The second kappa shape index (κ2) is 5.66. The summed E-state index contributed by atoms with van der Waals surface area (Å²) in [6.07, 6.45) is 1.14. The van der Waals surface area contributed by atoms with E-state index >= 15 is 0 Å². The van der Waals surface area contributed by atoms with E-state index in [9.17, 15) is 0 Å². The molecule has 1 N–H and O–H groups in total. The minimum absolute atomic E-state index is 0.727. The third-order valence-corrected chi connectivity index (χ3v) is 5.10. The quantitative estimate of drug-likeness (QED) is 0.861. The zero-order valence-corrected chi connectivity index (χ0v) is 13.6. The molecule has 104 valence electrons. The summed E-state index contributed by atoms with van der Waals surface area (Å²) in [7, 11) is 2.15. The SMILES string of the molecule is CN1CCc2cc(CNc3cccc(Cl)c3Br)ccc21. The largest absolute Gasteiger partial charge is 0.380 e. The predicted molar refractivity (Wildman–Crippen MR) is 89.9 cm³/mol. The number of anilines is 2. The first-order chi connectivity index (χ1) is 9.65. The molecule has 2 nitrogen and oxygen atoms in total. The van der Waals surface area contributed by atoms with Gasteiger partial charge in [0.1, 0.15) is 0 Å². The number of hydrogen-bond donors (Lipinski definition) is 1. The first-order valence-corrected chi connectivity index (χ1v) is 7.83. The Kier molecular flexibility index (Phi) is 3.90. The Morgan fingerprint density at radius 1 is 1.30 bits per heavy atom. The number of likely N-dealkylation sites (N-methyl/N-ethyl adjacent to an activating group) is 1. The standard InChI is InChI=1S/C16H16BrClN2/c1-20-8-7-12-9-11(5-6-15(12)20)10-19-14-4-2-3-13(18)16(14)17/h2-6,9,19H,7-8,10H2,1H3. The lowest BCUT2D eigenvalue weighted by Gasteiger charge is -2.13. The summed E-state index contributed by atoms with van der Waals surface area (Å²) in [4.78, 5) is 2.31. The Balaban J connectivity index is 1.74. The van der Waals surface area contributed by atoms with Crippen LogP contribution in [0.4, 0.5) is 11.4 Å². The Hall–Kier alpha value is -1.19. The van der Waals surface area contributed by atoms with Crippen LogP contribution in [0.2, 0.25) is 5.02 Å². The summed E-state index contributed by atoms with van der Waals surface area (Å²) in [5.41, 5.74) is 5.12. The van der Waals surface area contributed by atoms with E-state index in [2.05, 4.69) is 51.4 Å². The van der Waals surface area contributed by atoms with E-state index in [1.165, 1.54) is 16.8 Å². The maximum absolute atomic E-state index is 6.10. The number of benzene rings is 2. The monoisotopic (exact) mass is 350 g/mol. The van der Waals surface area contributed by atoms with Crippen molar-refractivity contribution in [3.63, 3.8) is 0 Å². The molecule has 1 aliphatic heterocycles. The van der Waals surface area contributed by atoms with Crippen molar-refractivity contribution in [1.82, 2.24) is 0 Å². The van der Waals surface area contributed by atoms with Gasteiger partial charge in [-0.25, -0.2) is 0 Å². The molecule has 20 heavy (non-hydrogen) atoms. The molecule has 2 aromatic carbocycles. The highest BCUT2D eigenvalue weighted by molar-refractivity contribution is 9.10. The van der Waals surface area contributed by atoms with Crippen molar-refractivity contribution < 1.29 is 0 Å². The van der Waals surface area contributed by atoms with Crippen LogP contribution in [0.15, 0.2) is 40.9 Å². The summed E-state index contributed by atoms with van der Waals surface area (Å²) in [6.45, 7) is 1.92. The number of fused-ring (bicyclic) bond motifs is 1. The fraction of sp³-hybridized carbons (Fsp3) is 0.250. The second-order valence-corrected chi connectivity index (χ2v) is 6.29. The molecule has 3 rings (SSSR count). The van der Waals surface area contributed by atoms with Gasteiger partial charge < -0.3 is 10.2 Å². The van der Waals surface area contributed by atoms with Crippen molar-refractivity contribution in [2.24, 2.45) is 0 Å². The Labute approximate surface area is 132 Å². The van der Waals surface area contributed by atoms with Crippen molar-refractivity contribution in [3.8, 4) is 0 Å². The molecule has 0 spiro atoms. The molecule has 0 amide bonds. The van der Waals surface area contributed by atoms with Crippen molar-refractivity contribution in [2.45, 2.75) is 13.0 Å². The molecule has 0 radical (unpaired) electrons. The molecule has 1 heterocycles. The van der Waals surface area contributed by atoms with Crippen LogP contribution in [0.25, 0.3) is 0 Å². The van der Waals surface area contributed by atoms with Gasteiger partial charge in [-0.15, -0.1) is 0 Å². The third kappa shape index (κ3) is 2.65. The van der Waals surface area contributed by atoms with E-state index in [0.717, 1.165) is 34.7 Å². The van der Waals surface area contributed by atoms with Crippen LogP contribution < -0.4 is 10.2 Å². The lowest BCUT2D eigenvalue weighted by Crippen LogP contribution is -2.12. The van der Waals surface area contributed by atoms with Gasteiger partial charge in [0.05, 0.1) is 15.2 Å². The van der Waals surface area contributed by atoms with Crippen molar-refractivity contribution in [3.05, 3.63) is 57.0 Å². The van der Waals surface area contributed by atoms with Gasteiger partial charge in [0, 0.05) is 25.8 Å². The topological polar surface area (TPSA) is 15.3 Å². The predicted octanol–water partition coefficient (Wildman–Crippen LogP) is 4.71. The van der Waals surface area contributed by atoms with Crippen LogP contribution in [0.1, 0.15) is 11.1 Å². The van der Waals surface area contributed by atoms with E-state index < -0.39 is 0 Å². The first kappa shape index (κ1) is 13.8. The number of rotatable bonds is 3. The van der Waals surface area contributed by atoms with Crippen LogP contribution in [0.5, 0.6) is 0 Å². The van der Waals surface area contributed by atoms with E-state index in [1.807, 2.05) is 18.2 Å². The summed E-state index contributed by atoms with van der Waals surface area (Å²) in [5, 5.41) is 4.15. The summed E-state index contributed by atoms with van der Waals surface area (Å²) < 4.78 is 0.919. The third-order valence-electron chi connectivity index (χ3n) is 3.71. The maximum atomic E-state index is 6.10. The lowest BCUT2D eigenvalue weighted by atomic mass is 10.1. The molecule has 0 atom stereocenters. The van der Waals surface area contributed by atoms with Crippen LogP contribution in [0.3, 0.4) is 0 Å². The van der Waals surface area contributed by atoms with Crippen molar-refractivity contribution in [2.75, 3.05) is 23.8 Å². The number of nitrogens with zero attached hydrogens (tertiary/aromatic N) is 1. The van der Waals surface area contributed by atoms with Crippen LogP contribution in [-0.2, 0) is 13.0 Å². The van der Waals surface area contributed by atoms with Gasteiger partial charge in [0.2, 0.25) is 0 Å². The van der Waals surface area contributed by atoms with Crippen LogP contribution in [0, 0.1) is 0 Å². The van der Waals surface area contributed by atoms with Crippen molar-refractivity contribution in [1.29, 1.82) is 0 Å². The average Bonchev–Trinajstić information content (AvgIpc) is 2.82. The summed E-state index contributed by atoms with van der Waals surface area (Å²) in [6, 6.07) is 12.6. The van der Waals surface area contributed by atoms with Gasteiger partial charge >= 0.3 is 0 Å². The van der Waals surface area contributed by atoms with Gasteiger partial charge in [-0.2, -0.15) is 0 Å². The Bertz CT molecular complexity index is 642. The zero-order chi connectivity index (χ0) is 14.1. The molecular weight excluding hydrogens is 336 g/mol. The van der Waals surface area contributed by atoms with Gasteiger partial charge in [0.25, 0.3) is 0 Å². The second-order valence-electron chi connectivity index (χ2n) is 5.09. The summed E-state index contributed by atoms with van der Waals surface area (Å²) in [5.74, 6) is 0. The fourth-order valence-electron chi connectivity index (χ4n) is 2.57. The first-order valence-electron chi connectivity index (χ1n) is 6.66. The van der Waals surface area contributed by atoms with Crippen molar-refractivity contribution >= 4 is 38.9 Å². The normalized spacial score (nSPS) is 13.4. The molecule has 4 heteroatoms. The number of halogens is 2. The van der Waals surface area contributed by atoms with Crippen LogP contribution in [-0.4, -0.2) is 13.6 Å².